The Labute approximate surface area is 85.1 Å². The predicted octanol–water partition coefficient (Wildman–Crippen LogP) is 2.06. The van der Waals surface area contributed by atoms with Gasteiger partial charge in [-0.25, -0.2) is 4.79 Å². The van der Waals surface area contributed by atoms with Crippen molar-refractivity contribution in [2.24, 2.45) is 0 Å². The molecule has 1 aliphatic carbocycles. The summed E-state index contributed by atoms with van der Waals surface area (Å²) < 4.78 is 9.98. The van der Waals surface area contributed by atoms with Crippen LogP contribution in [0.5, 0.6) is 0 Å². The maximum Gasteiger partial charge on any atom is 0.331 e. The van der Waals surface area contributed by atoms with E-state index in [9.17, 15) is 4.79 Å². The summed E-state index contributed by atoms with van der Waals surface area (Å²) in [5.74, 6) is -0.289. The highest BCUT2D eigenvalue weighted by atomic mass is 16.6. The fourth-order valence-corrected chi connectivity index (χ4v) is 1.54. The topological polar surface area (TPSA) is 35.5 Å². The smallest absolute Gasteiger partial charge is 0.331 e. The maximum atomic E-state index is 10.8. The first-order valence-electron chi connectivity index (χ1n) is 5.16. The van der Waals surface area contributed by atoms with Crippen LogP contribution < -0.4 is 0 Å². The third kappa shape index (κ3) is 4.42. The van der Waals surface area contributed by atoms with Crippen molar-refractivity contribution in [3.8, 4) is 0 Å². The van der Waals surface area contributed by atoms with Crippen LogP contribution in [0.25, 0.3) is 0 Å². The SMILES string of the molecule is COC(=O)CO[C@H]1CC/C=C\CCC1. The number of hydrogen-bond donors (Lipinski definition) is 0. The number of carbonyl (C=O) groups excluding carboxylic acids is 1. The Balaban J connectivity index is 2.21. The van der Waals surface area contributed by atoms with Gasteiger partial charge in [-0.15, -0.1) is 0 Å². The second kappa shape index (κ2) is 6.60. The lowest BCUT2D eigenvalue weighted by molar-refractivity contribution is -0.148. The lowest BCUT2D eigenvalue weighted by Gasteiger charge is -2.17. The lowest BCUT2D eigenvalue weighted by Crippen LogP contribution is -2.19. The van der Waals surface area contributed by atoms with Crippen molar-refractivity contribution in [1.29, 1.82) is 0 Å². The van der Waals surface area contributed by atoms with E-state index in [2.05, 4.69) is 16.9 Å². The highest BCUT2D eigenvalue weighted by molar-refractivity contribution is 5.70. The van der Waals surface area contributed by atoms with E-state index in [1.807, 2.05) is 0 Å². The minimum Gasteiger partial charge on any atom is -0.467 e. The normalized spacial score (nSPS) is 24.8. The van der Waals surface area contributed by atoms with Gasteiger partial charge in [0.15, 0.2) is 0 Å². The van der Waals surface area contributed by atoms with Crippen LogP contribution in [-0.2, 0) is 14.3 Å². The van der Waals surface area contributed by atoms with E-state index in [-0.39, 0.29) is 18.7 Å². The highest BCUT2D eigenvalue weighted by Gasteiger charge is 2.11. The first-order valence-corrected chi connectivity index (χ1v) is 5.16. The van der Waals surface area contributed by atoms with Gasteiger partial charge in [-0.1, -0.05) is 12.2 Å². The third-order valence-electron chi connectivity index (χ3n) is 2.38. The van der Waals surface area contributed by atoms with Crippen LogP contribution in [0, 0.1) is 0 Å². The zero-order chi connectivity index (χ0) is 10.2. The summed E-state index contributed by atoms with van der Waals surface area (Å²) >= 11 is 0. The van der Waals surface area contributed by atoms with Gasteiger partial charge in [0.25, 0.3) is 0 Å². The fourth-order valence-electron chi connectivity index (χ4n) is 1.54. The number of hydrogen-bond acceptors (Lipinski definition) is 3. The molecular weight excluding hydrogens is 180 g/mol. The average Bonchev–Trinajstić information content (AvgIpc) is 2.15. The van der Waals surface area contributed by atoms with Crippen LogP contribution in [0.2, 0.25) is 0 Å². The highest BCUT2D eigenvalue weighted by Crippen LogP contribution is 2.15. The van der Waals surface area contributed by atoms with Crippen LogP contribution in [0.3, 0.4) is 0 Å². The summed E-state index contributed by atoms with van der Waals surface area (Å²) in [5, 5.41) is 0. The molecule has 0 saturated carbocycles. The molecule has 0 unspecified atom stereocenters. The molecular formula is C11H18O3. The molecule has 3 nitrogen and oxygen atoms in total. The molecule has 0 fully saturated rings. The average molecular weight is 198 g/mol. The Bertz CT molecular complexity index is 199. The second-order valence-corrected chi connectivity index (χ2v) is 3.49. The van der Waals surface area contributed by atoms with E-state index in [1.54, 1.807) is 0 Å². The Morgan fingerprint density at radius 1 is 1.36 bits per heavy atom. The summed E-state index contributed by atoms with van der Waals surface area (Å²) in [6, 6.07) is 0. The van der Waals surface area contributed by atoms with E-state index in [0.29, 0.717) is 0 Å². The summed E-state index contributed by atoms with van der Waals surface area (Å²) in [7, 11) is 1.38. The van der Waals surface area contributed by atoms with Crippen molar-refractivity contribution in [3.63, 3.8) is 0 Å². The second-order valence-electron chi connectivity index (χ2n) is 3.49. The van der Waals surface area contributed by atoms with Crippen LogP contribution in [0.15, 0.2) is 12.2 Å². The number of esters is 1. The Kier molecular flexibility index (Phi) is 5.30. The van der Waals surface area contributed by atoms with Crippen molar-refractivity contribution < 1.29 is 14.3 Å². The fraction of sp³-hybridized carbons (Fsp3) is 0.727. The molecule has 1 atom stereocenters. The van der Waals surface area contributed by atoms with Crippen molar-refractivity contribution in [2.75, 3.05) is 13.7 Å². The molecule has 3 heteroatoms. The molecule has 0 N–H and O–H groups in total. The van der Waals surface area contributed by atoms with E-state index >= 15 is 0 Å². The van der Waals surface area contributed by atoms with Gasteiger partial charge in [-0.05, 0) is 32.1 Å². The molecule has 0 aromatic carbocycles. The van der Waals surface area contributed by atoms with Crippen molar-refractivity contribution >= 4 is 5.97 Å². The molecule has 0 radical (unpaired) electrons. The zero-order valence-corrected chi connectivity index (χ0v) is 8.70. The molecule has 14 heavy (non-hydrogen) atoms. The van der Waals surface area contributed by atoms with Crippen LogP contribution in [0.4, 0.5) is 0 Å². The quantitative estimate of drug-likeness (QED) is 0.514. The molecule has 1 rings (SSSR count). The van der Waals surface area contributed by atoms with Gasteiger partial charge in [0.1, 0.15) is 6.61 Å². The van der Waals surface area contributed by atoms with Gasteiger partial charge < -0.3 is 9.47 Å². The van der Waals surface area contributed by atoms with Crippen molar-refractivity contribution in [3.05, 3.63) is 12.2 Å². The minimum absolute atomic E-state index is 0.0882. The van der Waals surface area contributed by atoms with E-state index in [4.69, 9.17) is 4.74 Å². The van der Waals surface area contributed by atoms with Gasteiger partial charge in [-0.2, -0.15) is 0 Å². The predicted molar refractivity (Wildman–Crippen MR) is 54.0 cm³/mol. The van der Waals surface area contributed by atoms with Crippen LogP contribution in [0.1, 0.15) is 32.1 Å². The number of carbonyl (C=O) groups is 1. The van der Waals surface area contributed by atoms with Crippen molar-refractivity contribution in [2.45, 2.75) is 38.2 Å². The molecule has 1 aliphatic rings. The minimum atomic E-state index is -0.289. The molecule has 0 spiro atoms. The summed E-state index contributed by atoms with van der Waals surface area (Å²) in [6.07, 6.45) is 9.99. The molecule has 0 amide bonds. The lowest BCUT2D eigenvalue weighted by atomic mass is 10.0. The molecule has 80 valence electrons. The van der Waals surface area contributed by atoms with E-state index in [0.717, 1.165) is 32.1 Å². The van der Waals surface area contributed by atoms with Gasteiger partial charge >= 0.3 is 5.97 Å². The van der Waals surface area contributed by atoms with Crippen LogP contribution >= 0.6 is 0 Å². The van der Waals surface area contributed by atoms with Crippen molar-refractivity contribution in [1.82, 2.24) is 0 Å². The Morgan fingerprint density at radius 2 is 2.14 bits per heavy atom. The Hall–Kier alpha value is -0.830. The van der Waals surface area contributed by atoms with Gasteiger partial charge in [0.2, 0.25) is 0 Å². The molecule has 0 heterocycles. The largest absolute Gasteiger partial charge is 0.467 e. The van der Waals surface area contributed by atoms with Gasteiger partial charge in [-0.3, -0.25) is 0 Å². The third-order valence-corrected chi connectivity index (χ3v) is 2.38. The Morgan fingerprint density at radius 3 is 2.93 bits per heavy atom. The molecule has 0 bridgehead atoms. The van der Waals surface area contributed by atoms with Crippen LogP contribution in [-0.4, -0.2) is 25.8 Å². The van der Waals surface area contributed by atoms with E-state index < -0.39 is 0 Å². The number of methoxy groups -OCH3 is 1. The monoisotopic (exact) mass is 198 g/mol. The summed E-state index contributed by atoms with van der Waals surface area (Å²) in [6.45, 7) is 0.0882. The standard InChI is InChI=1S/C11H18O3/c1-13-11(12)9-14-10-7-5-3-2-4-6-8-10/h2-3,10H,4-9H2,1H3/b3-2-/t10-/m0/s1. The number of rotatable bonds is 3. The van der Waals surface area contributed by atoms with Gasteiger partial charge in [0, 0.05) is 0 Å². The first-order chi connectivity index (χ1) is 6.83. The number of ether oxygens (including phenoxy) is 2. The van der Waals surface area contributed by atoms with Gasteiger partial charge in [0.05, 0.1) is 13.2 Å². The molecule has 0 saturated heterocycles. The molecule has 0 aromatic rings. The molecule has 0 aliphatic heterocycles. The molecule has 0 aromatic heterocycles. The number of allylic oxidation sites excluding steroid dienone is 2. The summed E-state index contributed by atoms with van der Waals surface area (Å²) in [5.41, 5.74) is 0. The maximum absolute atomic E-state index is 10.8. The summed E-state index contributed by atoms with van der Waals surface area (Å²) in [4.78, 5) is 10.8. The zero-order valence-electron chi connectivity index (χ0n) is 8.70. The van der Waals surface area contributed by atoms with E-state index in [1.165, 1.54) is 7.11 Å². The first kappa shape index (κ1) is 11.2.